The highest BCUT2D eigenvalue weighted by Crippen LogP contribution is 2.18. The van der Waals surface area contributed by atoms with Gasteiger partial charge in [-0.2, -0.15) is 0 Å². The first-order chi connectivity index (χ1) is 6.52. The number of hydrogen-bond donors (Lipinski definition) is 1. The average Bonchev–Trinajstić information content (AvgIpc) is 2.16. The second-order valence-corrected chi connectivity index (χ2v) is 4.66. The standard InChI is InChI=1S/C11H22N2O/c1-8-4-6-13(7-5-8)11(14)9(2)10(3)12/h8-10H,4-7,12H2,1-3H3. The molecule has 0 spiro atoms. The first-order valence-electron chi connectivity index (χ1n) is 5.56. The molecule has 0 aromatic heterocycles. The van der Waals surface area contributed by atoms with Crippen molar-refractivity contribution in [3.63, 3.8) is 0 Å². The van der Waals surface area contributed by atoms with Crippen molar-refractivity contribution in [2.75, 3.05) is 13.1 Å². The summed E-state index contributed by atoms with van der Waals surface area (Å²) >= 11 is 0. The lowest BCUT2D eigenvalue weighted by Gasteiger charge is -2.33. The van der Waals surface area contributed by atoms with Gasteiger partial charge in [-0.15, -0.1) is 0 Å². The van der Waals surface area contributed by atoms with Crippen LogP contribution >= 0.6 is 0 Å². The molecule has 1 heterocycles. The van der Waals surface area contributed by atoms with Crippen molar-refractivity contribution in [3.8, 4) is 0 Å². The SMILES string of the molecule is CC1CCN(C(=O)C(C)C(C)N)CC1. The minimum atomic E-state index is -0.0400. The number of piperidine rings is 1. The molecule has 0 aromatic carbocycles. The largest absolute Gasteiger partial charge is 0.342 e. The molecule has 1 saturated heterocycles. The lowest BCUT2D eigenvalue weighted by molar-refractivity contribution is -0.136. The van der Waals surface area contributed by atoms with E-state index in [0.29, 0.717) is 0 Å². The molecule has 0 radical (unpaired) electrons. The van der Waals surface area contributed by atoms with Crippen molar-refractivity contribution in [1.82, 2.24) is 4.90 Å². The third-order valence-electron chi connectivity index (χ3n) is 3.27. The van der Waals surface area contributed by atoms with Crippen LogP contribution in [0.5, 0.6) is 0 Å². The van der Waals surface area contributed by atoms with Crippen LogP contribution < -0.4 is 5.73 Å². The Bertz CT molecular complexity index is 195. The molecule has 3 heteroatoms. The van der Waals surface area contributed by atoms with Crippen LogP contribution in [0, 0.1) is 11.8 Å². The van der Waals surface area contributed by atoms with Gasteiger partial charge >= 0.3 is 0 Å². The molecule has 3 nitrogen and oxygen atoms in total. The maximum absolute atomic E-state index is 11.9. The summed E-state index contributed by atoms with van der Waals surface area (Å²) in [4.78, 5) is 13.9. The Morgan fingerprint density at radius 3 is 2.29 bits per heavy atom. The van der Waals surface area contributed by atoms with Crippen molar-refractivity contribution in [2.24, 2.45) is 17.6 Å². The molecule has 0 bridgehead atoms. The molecular weight excluding hydrogens is 176 g/mol. The van der Waals surface area contributed by atoms with Crippen molar-refractivity contribution in [3.05, 3.63) is 0 Å². The second kappa shape index (κ2) is 4.78. The van der Waals surface area contributed by atoms with Gasteiger partial charge in [0.25, 0.3) is 0 Å². The van der Waals surface area contributed by atoms with Crippen LogP contribution in [0.4, 0.5) is 0 Å². The van der Waals surface area contributed by atoms with Crippen LogP contribution in [0.25, 0.3) is 0 Å². The Hall–Kier alpha value is -0.570. The molecule has 14 heavy (non-hydrogen) atoms. The maximum atomic E-state index is 11.9. The first-order valence-corrected chi connectivity index (χ1v) is 5.56. The van der Waals surface area contributed by atoms with Crippen LogP contribution in [-0.2, 0) is 4.79 Å². The molecule has 1 rings (SSSR count). The zero-order chi connectivity index (χ0) is 10.7. The summed E-state index contributed by atoms with van der Waals surface area (Å²) in [5.41, 5.74) is 5.72. The van der Waals surface area contributed by atoms with Crippen molar-refractivity contribution < 1.29 is 4.79 Å². The zero-order valence-corrected chi connectivity index (χ0v) is 9.49. The van der Waals surface area contributed by atoms with Crippen molar-refractivity contribution >= 4 is 5.91 Å². The Labute approximate surface area is 86.6 Å². The monoisotopic (exact) mass is 198 g/mol. The first kappa shape index (κ1) is 11.5. The van der Waals surface area contributed by atoms with Gasteiger partial charge in [0.05, 0.1) is 5.92 Å². The van der Waals surface area contributed by atoms with Crippen LogP contribution in [0.3, 0.4) is 0 Å². The van der Waals surface area contributed by atoms with E-state index in [2.05, 4.69) is 6.92 Å². The van der Waals surface area contributed by atoms with E-state index < -0.39 is 0 Å². The molecule has 2 atom stereocenters. The Morgan fingerprint density at radius 2 is 1.86 bits per heavy atom. The fraction of sp³-hybridized carbons (Fsp3) is 0.909. The van der Waals surface area contributed by atoms with E-state index >= 15 is 0 Å². The summed E-state index contributed by atoms with van der Waals surface area (Å²) in [6.45, 7) is 7.89. The molecule has 1 amide bonds. The van der Waals surface area contributed by atoms with E-state index in [-0.39, 0.29) is 17.9 Å². The molecule has 2 N–H and O–H groups in total. The van der Waals surface area contributed by atoms with Gasteiger partial charge < -0.3 is 10.6 Å². The van der Waals surface area contributed by atoms with E-state index in [1.165, 1.54) is 0 Å². The van der Waals surface area contributed by atoms with Gasteiger partial charge in [0.15, 0.2) is 0 Å². The van der Waals surface area contributed by atoms with E-state index in [0.717, 1.165) is 31.8 Å². The molecule has 1 fully saturated rings. The van der Waals surface area contributed by atoms with Crippen LogP contribution in [0.1, 0.15) is 33.6 Å². The third-order valence-corrected chi connectivity index (χ3v) is 3.27. The summed E-state index contributed by atoms with van der Waals surface area (Å²) in [6.07, 6.45) is 2.27. The van der Waals surface area contributed by atoms with Crippen LogP contribution in [0.15, 0.2) is 0 Å². The number of carbonyl (C=O) groups excluding carboxylic acids is 1. The zero-order valence-electron chi connectivity index (χ0n) is 9.49. The smallest absolute Gasteiger partial charge is 0.226 e. The molecular formula is C11H22N2O. The molecule has 1 aliphatic heterocycles. The molecule has 0 saturated carbocycles. The van der Waals surface area contributed by atoms with Gasteiger partial charge in [-0.3, -0.25) is 4.79 Å². The third kappa shape index (κ3) is 2.71. The van der Waals surface area contributed by atoms with Gasteiger partial charge in [-0.25, -0.2) is 0 Å². The van der Waals surface area contributed by atoms with E-state index in [1.54, 1.807) is 0 Å². The van der Waals surface area contributed by atoms with Crippen LogP contribution in [0.2, 0.25) is 0 Å². The number of carbonyl (C=O) groups is 1. The van der Waals surface area contributed by atoms with E-state index in [1.807, 2.05) is 18.7 Å². The number of hydrogen-bond acceptors (Lipinski definition) is 2. The topological polar surface area (TPSA) is 46.3 Å². The van der Waals surface area contributed by atoms with E-state index in [4.69, 9.17) is 5.73 Å². The Morgan fingerprint density at radius 1 is 1.36 bits per heavy atom. The second-order valence-electron chi connectivity index (χ2n) is 4.66. The van der Waals surface area contributed by atoms with E-state index in [9.17, 15) is 4.79 Å². The Kier molecular flexibility index (Phi) is 3.93. The van der Waals surface area contributed by atoms with Gasteiger partial charge in [-0.05, 0) is 25.7 Å². The fourth-order valence-electron chi connectivity index (χ4n) is 1.74. The lowest BCUT2D eigenvalue weighted by atomic mass is 9.96. The molecule has 0 aliphatic carbocycles. The summed E-state index contributed by atoms with van der Waals surface area (Å²) < 4.78 is 0. The summed E-state index contributed by atoms with van der Waals surface area (Å²) in [7, 11) is 0. The Balaban J connectivity index is 2.45. The maximum Gasteiger partial charge on any atom is 0.226 e. The van der Waals surface area contributed by atoms with Gasteiger partial charge in [0.1, 0.15) is 0 Å². The number of rotatable bonds is 2. The normalized spacial score (nSPS) is 23.3. The lowest BCUT2D eigenvalue weighted by Crippen LogP contribution is -2.45. The summed E-state index contributed by atoms with van der Waals surface area (Å²) in [5, 5.41) is 0. The highest BCUT2D eigenvalue weighted by molar-refractivity contribution is 5.79. The molecule has 2 unspecified atom stereocenters. The number of likely N-dealkylation sites (tertiary alicyclic amines) is 1. The van der Waals surface area contributed by atoms with Gasteiger partial charge in [-0.1, -0.05) is 13.8 Å². The predicted octanol–water partition coefficient (Wildman–Crippen LogP) is 1.23. The number of amides is 1. The summed E-state index contributed by atoms with van der Waals surface area (Å²) in [5.74, 6) is 0.958. The quantitative estimate of drug-likeness (QED) is 0.725. The minimum absolute atomic E-state index is 0.0385. The highest BCUT2D eigenvalue weighted by Gasteiger charge is 2.25. The fourth-order valence-corrected chi connectivity index (χ4v) is 1.74. The number of nitrogens with two attached hydrogens (primary N) is 1. The van der Waals surface area contributed by atoms with Gasteiger partial charge in [0, 0.05) is 19.1 Å². The van der Waals surface area contributed by atoms with Gasteiger partial charge in [0.2, 0.25) is 5.91 Å². The predicted molar refractivity (Wildman–Crippen MR) is 57.8 cm³/mol. The average molecular weight is 198 g/mol. The van der Waals surface area contributed by atoms with Crippen molar-refractivity contribution in [2.45, 2.75) is 39.7 Å². The summed E-state index contributed by atoms with van der Waals surface area (Å²) in [6, 6.07) is -0.0400. The highest BCUT2D eigenvalue weighted by atomic mass is 16.2. The molecule has 0 aromatic rings. The minimum Gasteiger partial charge on any atom is -0.342 e. The number of nitrogens with zero attached hydrogens (tertiary/aromatic N) is 1. The molecule has 82 valence electrons. The van der Waals surface area contributed by atoms with Crippen molar-refractivity contribution in [1.29, 1.82) is 0 Å². The molecule has 1 aliphatic rings. The van der Waals surface area contributed by atoms with Crippen LogP contribution in [-0.4, -0.2) is 29.9 Å².